The van der Waals surface area contributed by atoms with E-state index >= 15 is 0 Å². The Kier molecular flexibility index (Phi) is 5.89. The van der Waals surface area contributed by atoms with E-state index in [4.69, 9.17) is 0 Å². The monoisotopic (exact) mass is 333 g/mol. The molecule has 1 aliphatic heterocycles. The van der Waals surface area contributed by atoms with Crippen LogP contribution in [0.3, 0.4) is 0 Å². The van der Waals surface area contributed by atoms with Gasteiger partial charge in [0.05, 0.1) is 13.1 Å². The number of carbonyl (C=O) groups is 1. The number of carbonyl (C=O) groups excluding carboxylic acids is 1. The summed E-state index contributed by atoms with van der Waals surface area (Å²) < 4.78 is 2.07. The van der Waals surface area contributed by atoms with E-state index in [2.05, 4.69) is 31.6 Å². The van der Waals surface area contributed by atoms with Crippen LogP contribution < -0.4 is 5.32 Å². The van der Waals surface area contributed by atoms with E-state index in [-0.39, 0.29) is 5.91 Å². The molecule has 1 amide bonds. The normalized spacial score (nSPS) is 26.4. The molecular formula is C18H31N5O. The van der Waals surface area contributed by atoms with E-state index in [1.807, 2.05) is 19.4 Å². The number of aromatic nitrogens is 2. The molecule has 2 fully saturated rings. The van der Waals surface area contributed by atoms with E-state index in [0.717, 1.165) is 57.3 Å². The van der Waals surface area contributed by atoms with Crippen LogP contribution in [0.4, 0.5) is 0 Å². The standard InChI is InChI=1S/C18H31N5O/c1-15-3-5-16(6-4-15)20-18(24)14-23-11-9-22(10-12-23)13-17-19-7-8-21(17)2/h7-8,15-16H,3-6,9-14H2,1-2H3,(H,20,24). The molecule has 0 unspecified atom stereocenters. The van der Waals surface area contributed by atoms with E-state index in [1.165, 1.54) is 12.8 Å². The van der Waals surface area contributed by atoms with Gasteiger partial charge in [0, 0.05) is 51.7 Å². The lowest BCUT2D eigenvalue weighted by molar-refractivity contribution is -0.123. The Hall–Kier alpha value is -1.40. The molecule has 3 rings (SSSR count). The third kappa shape index (κ3) is 4.80. The summed E-state index contributed by atoms with van der Waals surface area (Å²) in [6, 6.07) is 0.401. The molecule has 24 heavy (non-hydrogen) atoms. The molecule has 1 N–H and O–H groups in total. The minimum absolute atomic E-state index is 0.201. The first-order chi connectivity index (χ1) is 11.6. The molecule has 2 heterocycles. The van der Waals surface area contributed by atoms with Gasteiger partial charge < -0.3 is 9.88 Å². The topological polar surface area (TPSA) is 53.4 Å². The summed E-state index contributed by atoms with van der Waals surface area (Å²) in [6.07, 6.45) is 8.62. The lowest BCUT2D eigenvalue weighted by atomic mass is 9.87. The number of aryl methyl sites for hydroxylation is 1. The van der Waals surface area contributed by atoms with Gasteiger partial charge in [-0.3, -0.25) is 14.6 Å². The van der Waals surface area contributed by atoms with Gasteiger partial charge in [-0.05, 0) is 31.6 Å². The number of nitrogens with one attached hydrogen (secondary N) is 1. The van der Waals surface area contributed by atoms with Crippen molar-refractivity contribution in [2.24, 2.45) is 13.0 Å². The summed E-state index contributed by atoms with van der Waals surface area (Å²) in [5.74, 6) is 2.13. The van der Waals surface area contributed by atoms with Crippen LogP contribution in [0, 0.1) is 5.92 Å². The summed E-state index contributed by atoms with van der Waals surface area (Å²) in [5, 5.41) is 3.23. The van der Waals surface area contributed by atoms with E-state index < -0.39 is 0 Å². The second kappa shape index (κ2) is 8.12. The van der Waals surface area contributed by atoms with Gasteiger partial charge in [-0.25, -0.2) is 4.98 Å². The van der Waals surface area contributed by atoms with Crippen molar-refractivity contribution in [3.05, 3.63) is 18.2 Å². The second-order valence-electron chi connectivity index (χ2n) is 7.53. The van der Waals surface area contributed by atoms with Crippen molar-refractivity contribution >= 4 is 5.91 Å². The molecule has 0 atom stereocenters. The number of imidazole rings is 1. The van der Waals surface area contributed by atoms with Crippen LogP contribution in [-0.2, 0) is 18.4 Å². The maximum Gasteiger partial charge on any atom is 0.234 e. The van der Waals surface area contributed by atoms with Gasteiger partial charge in [0.1, 0.15) is 5.82 Å². The summed E-state index contributed by atoms with van der Waals surface area (Å²) in [4.78, 5) is 21.3. The maximum absolute atomic E-state index is 12.3. The molecule has 2 aliphatic rings. The molecule has 1 saturated heterocycles. The predicted octanol–water partition coefficient (Wildman–Crippen LogP) is 1.23. The highest BCUT2D eigenvalue weighted by Gasteiger charge is 2.23. The average Bonchev–Trinajstić information content (AvgIpc) is 2.96. The van der Waals surface area contributed by atoms with Gasteiger partial charge in [-0.1, -0.05) is 6.92 Å². The molecule has 6 nitrogen and oxygen atoms in total. The fraction of sp³-hybridized carbons (Fsp3) is 0.778. The van der Waals surface area contributed by atoms with Crippen molar-refractivity contribution in [1.82, 2.24) is 24.7 Å². The zero-order valence-electron chi connectivity index (χ0n) is 15.1. The zero-order valence-corrected chi connectivity index (χ0v) is 15.1. The first-order valence-corrected chi connectivity index (χ1v) is 9.30. The predicted molar refractivity (Wildman–Crippen MR) is 94.5 cm³/mol. The fourth-order valence-corrected chi connectivity index (χ4v) is 3.74. The second-order valence-corrected chi connectivity index (χ2v) is 7.53. The number of rotatable bonds is 5. The van der Waals surface area contributed by atoms with Gasteiger partial charge in [0.15, 0.2) is 0 Å². The summed E-state index contributed by atoms with van der Waals surface area (Å²) in [7, 11) is 2.04. The van der Waals surface area contributed by atoms with Crippen LogP contribution in [0.25, 0.3) is 0 Å². The Morgan fingerprint density at radius 2 is 1.83 bits per heavy atom. The molecule has 134 valence electrons. The van der Waals surface area contributed by atoms with E-state index in [1.54, 1.807) is 0 Å². The SMILES string of the molecule is CC1CCC(NC(=O)CN2CCN(Cc3nccn3C)CC2)CC1. The third-order valence-corrected chi connectivity index (χ3v) is 5.50. The maximum atomic E-state index is 12.3. The zero-order chi connectivity index (χ0) is 16.9. The molecule has 6 heteroatoms. The van der Waals surface area contributed by atoms with E-state index in [9.17, 15) is 4.79 Å². The van der Waals surface area contributed by atoms with Crippen LogP contribution in [-0.4, -0.2) is 64.0 Å². The molecular weight excluding hydrogens is 302 g/mol. The summed E-state index contributed by atoms with van der Waals surface area (Å²) in [5.41, 5.74) is 0. The molecule has 0 radical (unpaired) electrons. The van der Waals surface area contributed by atoms with Crippen molar-refractivity contribution in [3.63, 3.8) is 0 Å². The van der Waals surface area contributed by atoms with Gasteiger partial charge in [0.2, 0.25) is 5.91 Å². The van der Waals surface area contributed by atoms with Gasteiger partial charge in [-0.2, -0.15) is 0 Å². The highest BCUT2D eigenvalue weighted by molar-refractivity contribution is 5.78. The first-order valence-electron chi connectivity index (χ1n) is 9.30. The quantitative estimate of drug-likeness (QED) is 0.881. The largest absolute Gasteiger partial charge is 0.352 e. The summed E-state index contributed by atoms with van der Waals surface area (Å²) >= 11 is 0. The number of amides is 1. The number of piperazine rings is 1. The fourth-order valence-electron chi connectivity index (χ4n) is 3.74. The van der Waals surface area contributed by atoms with Crippen molar-refractivity contribution in [3.8, 4) is 0 Å². The van der Waals surface area contributed by atoms with Crippen molar-refractivity contribution < 1.29 is 4.79 Å². The highest BCUT2D eigenvalue weighted by atomic mass is 16.2. The van der Waals surface area contributed by atoms with Crippen LogP contribution in [0.5, 0.6) is 0 Å². The minimum atomic E-state index is 0.201. The van der Waals surface area contributed by atoms with Crippen molar-refractivity contribution in [2.45, 2.75) is 45.2 Å². The molecule has 0 bridgehead atoms. The lowest BCUT2D eigenvalue weighted by Crippen LogP contribution is -2.50. The van der Waals surface area contributed by atoms with Crippen molar-refractivity contribution in [1.29, 1.82) is 0 Å². The molecule has 0 spiro atoms. The lowest BCUT2D eigenvalue weighted by Gasteiger charge is -2.34. The Balaban J connectivity index is 1.36. The molecule has 1 aromatic rings. The van der Waals surface area contributed by atoms with Gasteiger partial charge in [0.25, 0.3) is 0 Å². The Morgan fingerprint density at radius 3 is 2.46 bits per heavy atom. The number of hydrogen-bond donors (Lipinski definition) is 1. The average molecular weight is 333 g/mol. The molecule has 1 aromatic heterocycles. The van der Waals surface area contributed by atoms with Gasteiger partial charge >= 0.3 is 0 Å². The molecule has 1 saturated carbocycles. The van der Waals surface area contributed by atoms with Crippen LogP contribution in [0.2, 0.25) is 0 Å². The van der Waals surface area contributed by atoms with Crippen LogP contribution in [0.1, 0.15) is 38.4 Å². The molecule has 0 aromatic carbocycles. The van der Waals surface area contributed by atoms with Gasteiger partial charge in [-0.15, -0.1) is 0 Å². The third-order valence-electron chi connectivity index (χ3n) is 5.50. The van der Waals surface area contributed by atoms with E-state index in [0.29, 0.717) is 12.6 Å². The summed E-state index contributed by atoms with van der Waals surface area (Å²) in [6.45, 7) is 7.66. The minimum Gasteiger partial charge on any atom is -0.352 e. The Bertz CT molecular complexity index is 527. The first kappa shape index (κ1) is 17.4. The number of hydrogen-bond acceptors (Lipinski definition) is 4. The smallest absolute Gasteiger partial charge is 0.234 e. The van der Waals surface area contributed by atoms with Crippen LogP contribution in [0.15, 0.2) is 12.4 Å². The molecule has 1 aliphatic carbocycles. The van der Waals surface area contributed by atoms with Crippen molar-refractivity contribution in [2.75, 3.05) is 32.7 Å². The number of nitrogens with zero attached hydrogens (tertiary/aromatic N) is 4. The Morgan fingerprint density at radius 1 is 1.17 bits per heavy atom. The Labute approximate surface area is 145 Å². The highest BCUT2D eigenvalue weighted by Crippen LogP contribution is 2.23. The van der Waals surface area contributed by atoms with Crippen LogP contribution >= 0.6 is 0 Å².